The van der Waals surface area contributed by atoms with Crippen LogP contribution >= 0.6 is 22.6 Å². The van der Waals surface area contributed by atoms with Crippen LogP contribution in [0.15, 0.2) is 6.07 Å². The van der Waals surface area contributed by atoms with Gasteiger partial charge in [0.05, 0.1) is 5.69 Å². The highest BCUT2D eigenvalue weighted by molar-refractivity contribution is 14.1. The molecule has 0 radical (unpaired) electrons. The highest BCUT2D eigenvalue weighted by Gasteiger charge is 2.10. The predicted octanol–water partition coefficient (Wildman–Crippen LogP) is 2.06. The molecule has 1 aromatic heterocycles. The summed E-state index contributed by atoms with van der Waals surface area (Å²) < 4.78 is 2.81. The standard InChI is InChI=1S/C11H18IN3O/c1-9-8-10(15(2)14-9)11(16)13-7-5-3-4-6-12/h8H,3-7H2,1-2H3,(H,13,16). The summed E-state index contributed by atoms with van der Waals surface area (Å²) in [5.74, 6) is -0.0300. The van der Waals surface area contributed by atoms with Crippen LogP contribution in [0.3, 0.4) is 0 Å². The van der Waals surface area contributed by atoms with Crippen LogP contribution < -0.4 is 5.32 Å². The highest BCUT2D eigenvalue weighted by Crippen LogP contribution is 2.02. The highest BCUT2D eigenvalue weighted by atomic mass is 127. The first-order valence-electron chi connectivity index (χ1n) is 5.50. The van der Waals surface area contributed by atoms with E-state index in [1.54, 1.807) is 17.8 Å². The van der Waals surface area contributed by atoms with Gasteiger partial charge in [-0.3, -0.25) is 9.48 Å². The maximum atomic E-state index is 11.7. The molecule has 90 valence electrons. The zero-order valence-electron chi connectivity index (χ0n) is 9.79. The number of unbranched alkanes of at least 4 members (excludes halogenated alkanes) is 2. The number of amides is 1. The summed E-state index contributed by atoms with van der Waals surface area (Å²) in [6, 6.07) is 1.81. The number of aryl methyl sites for hydroxylation is 2. The normalized spacial score (nSPS) is 10.4. The average Bonchev–Trinajstić information content (AvgIpc) is 2.57. The minimum atomic E-state index is -0.0300. The largest absolute Gasteiger partial charge is 0.351 e. The molecular formula is C11H18IN3O. The molecule has 0 atom stereocenters. The van der Waals surface area contributed by atoms with E-state index in [1.807, 2.05) is 6.92 Å². The fourth-order valence-electron chi connectivity index (χ4n) is 1.51. The lowest BCUT2D eigenvalue weighted by atomic mass is 10.2. The van der Waals surface area contributed by atoms with Gasteiger partial charge in [-0.25, -0.2) is 0 Å². The number of nitrogens with one attached hydrogen (secondary N) is 1. The Labute approximate surface area is 110 Å². The van der Waals surface area contributed by atoms with Crippen molar-refractivity contribution < 1.29 is 4.79 Å². The van der Waals surface area contributed by atoms with Crippen molar-refractivity contribution in [2.45, 2.75) is 26.2 Å². The fourth-order valence-corrected chi connectivity index (χ4v) is 2.05. The van der Waals surface area contributed by atoms with Gasteiger partial charge in [-0.15, -0.1) is 0 Å². The minimum absolute atomic E-state index is 0.0300. The molecule has 0 saturated heterocycles. The third kappa shape index (κ3) is 4.11. The molecule has 0 fully saturated rings. The number of aromatic nitrogens is 2. The van der Waals surface area contributed by atoms with Crippen molar-refractivity contribution in [2.24, 2.45) is 7.05 Å². The van der Waals surface area contributed by atoms with Crippen molar-refractivity contribution in [2.75, 3.05) is 11.0 Å². The second-order valence-electron chi connectivity index (χ2n) is 3.80. The number of hydrogen-bond acceptors (Lipinski definition) is 2. The number of hydrogen-bond donors (Lipinski definition) is 1. The topological polar surface area (TPSA) is 46.9 Å². The van der Waals surface area contributed by atoms with Crippen LogP contribution in [0.2, 0.25) is 0 Å². The second-order valence-corrected chi connectivity index (χ2v) is 4.88. The summed E-state index contributed by atoms with van der Waals surface area (Å²) in [4.78, 5) is 11.7. The molecule has 5 heteroatoms. The number of carbonyl (C=O) groups excluding carboxylic acids is 1. The van der Waals surface area contributed by atoms with Crippen molar-refractivity contribution in [3.05, 3.63) is 17.5 Å². The molecule has 0 aliphatic carbocycles. The van der Waals surface area contributed by atoms with E-state index >= 15 is 0 Å². The van der Waals surface area contributed by atoms with Gasteiger partial charge in [0.2, 0.25) is 0 Å². The van der Waals surface area contributed by atoms with Crippen molar-refractivity contribution in [3.63, 3.8) is 0 Å². The van der Waals surface area contributed by atoms with Crippen molar-refractivity contribution in [1.29, 1.82) is 0 Å². The molecule has 0 aliphatic rings. The quantitative estimate of drug-likeness (QED) is 0.491. The number of rotatable bonds is 6. The molecule has 0 spiro atoms. The van der Waals surface area contributed by atoms with Gasteiger partial charge in [-0.2, -0.15) is 5.10 Å². The van der Waals surface area contributed by atoms with Gasteiger partial charge in [-0.1, -0.05) is 29.0 Å². The Morgan fingerprint density at radius 1 is 1.50 bits per heavy atom. The molecule has 0 saturated carbocycles. The Kier molecular flexibility index (Phi) is 5.79. The summed E-state index contributed by atoms with van der Waals surface area (Å²) >= 11 is 2.37. The monoisotopic (exact) mass is 335 g/mol. The maximum Gasteiger partial charge on any atom is 0.269 e. The second kappa shape index (κ2) is 6.88. The average molecular weight is 335 g/mol. The number of alkyl halides is 1. The first kappa shape index (κ1) is 13.5. The lowest BCUT2D eigenvalue weighted by Gasteiger charge is -2.04. The van der Waals surface area contributed by atoms with Gasteiger partial charge in [-0.05, 0) is 30.3 Å². The molecule has 1 rings (SSSR count). The van der Waals surface area contributed by atoms with Crippen molar-refractivity contribution in [3.8, 4) is 0 Å². The van der Waals surface area contributed by atoms with E-state index in [1.165, 1.54) is 17.3 Å². The maximum absolute atomic E-state index is 11.7. The van der Waals surface area contributed by atoms with Gasteiger partial charge in [0.25, 0.3) is 5.91 Å². The van der Waals surface area contributed by atoms with Gasteiger partial charge < -0.3 is 5.32 Å². The molecule has 0 aliphatic heterocycles. The number of halogens is 1. The summed E-state index contributed by atoms with van der Waals surface area (Å²) in [5, 5.41) is 7.05. The van der Waals surface area contributed by atoms with E-state index in [2.05, 4.69) is 33.0 Å². The summed E-state index contributed by atoms with van der Waals surface area (Å²) in [6.45, 7) is 2.64. The molecule has 1 aromatic rings. The predicted molar refractivity (Wildman–Crippen MR) is 73.0 cm³/mol. The van der Waals surface area contributed by atoms with Gasteiger partial charge in [0.15, 0.2) is 0 Å². The third-order valence-corrected chi connectivity index (χ3v) is 3.09. The number of carbonyl (C=O) groups is 1. The van der Waals surface area contributed by atoms with Crippen LogP contribution in [0, 0.1) is 6.92 Å². The van der Waals surface area contributed by atoms with E-state index in [0.717, 1.165) is 18.7 Å². The fraction of sp³-hybridized carbons (Fsp3) is 0.636. The Hall–Kier alpha value is -0.590. The Balaban J connectivity index is 2.33. The van der Waals surface area contributed by atoms with E-state index in [4.69, 9.17) is 0 Å². The molecule has 1 amide bonds. The van der Waals surface area contributed by atoms with Crippen LogP contribution in [0.5, 0.6) is 0 Å². The van der Waals surface area contributed by atoms with Crippen LogP contribution in [0.4, 0.5) is 0 Å². The Morgan fingerprint density at radius 2 is 2.25 bits per heavy atom. The molecule has 16 heavy (non-hydrogen) atoms. The van der Waals surface area contributed by atoms with Crippen molar-refractivity contribution in [1.82, 2.24) is 15.1 Å². The first-order valence-corrected chi connectivity index (χ1v) is 7.02. The van der Waals surface area contributed by atoms with Gasteiger partial charge in [0.1, 0.15) is 5.69 Å². The Bertz CT molecular complexity index is 349. The zero-order valence-corrected chi connectivity index (χ0v) is 12.0. The summed E-state index contributed by atoms with van der Waals surface area (Å²) in [5.41, 5.74) is 1.50. The smallest absolute Gasteiger partial charge is 0.269 e. The SMILES string of the molecule is Cc1cc(C(=O)NCCCCCI)n(C)n1. The molecule has 4 nitrogen and oxygen atoms in total. The van der Waals surface area contributed by atoms with E-state index < -0.39 is 0 Å². The lowest BCUT2D eigenvalue weighted by Crippen LogP contribution is -2.26. The molecule has 1 heterocycles. The zero-order chi connectivity index (χ0) is 12.0. The van der Waals surface area contributed by atoms with E-state index in [0.29, 0.717) is 5.69 Å². The van der Waals surface area contributed by atoms with Crippen LogP contribution in [-0.4, -0.2) is 26.7 Å². The summed E-state index contributed by atoms with van der Waals surface area (Å²) in [7, 11) is 1.79. The molecular weight excluding hydrogens is 317 g/mol. The van der Waals surface area contributed by atoms with E-state index in [-0.39, 0.29) is 5.91 Å². The first-order chi connectivity index (χ1) is 7.65. The minimum Gasteiger partial charge on any atom is -0.351 e. The molecule has 0 aromatic carbocycles. The van der Waals surface area contributed by atoms with Gasteiger partial charge >= 0.3 is 0 Å². The number of nitrogens with zero attached hydrogens (tertiary/aromatic N) is 2. The molecule has 0 bridgehead atoms. The van der Waals surface area contributed by atoms with Crippen LogP contribution in [-0.2, 0) is 7.05 Å². The molecule has 1 N–H and O–H groups in total. The summed E-state index contributed by atoms with van der Waals surface area (Å²) in [6.07, 6.45) is 3.44. The van der Waals surface area contributed by atoms with Crippen molar-refractivity contribution >= 4 is 28.5 Å². The van der Waals surface area contributed by atoms with Crippen LogP contribution in [0.25, 0.3) is 0 Å². The molecule has 0 unspecified atom stereocenters. The van der Waals surface area contributed by atoms with Crippen LogP contribution in [0.1, 0.15) is 35.4 Å². The van der Waals surface area contributed by atoms with Gasteiger partial charge in [0, 0.05) is 13.6 Å². The Morgan fingerprint density at radius 3 is 2.81 bits per heavy atom. The van der Waals surface area contributed by atoms with E-state index in [9.17, 15) is 4.79 Å². The third-order valence-electron chi connectivity index (χ3n) is 2.33. The lowest BCUT2D eigenvalue weighted by molar-refractivity contribution is 0.0943.